The van der Waals surface area contributed by atoms with Crippen LogP contribution in [-0.2, 0) is 13.1 Å². The molecule has 1 heterocycles. The molecular weight excluding hydrogens is 270 g/mol. The Morgan fingerprint density at radius 1 is 0.952 bits per heavy atom. The van der Waals surface area contributed by atoms with Crippen molar-refractivity contribution in [3.05, 3.63) is 41.7 Å². The van der Waals surface area contributed by atoms with Crippen molar-refractivity contribution in [2.75, 3.05) is 21.3 Å². The van der Waals surface area contributed by atoms with Crippen LogP contribution in [0.3, 0.4) is 0 Å². The SMILES string of the molecule is COc1cccc(CNCc2c(OC)ncnc2OC)c1. The monoisotopic (exact) mass is 289 g/mol. The summed E-state index contributed by atoms with van der Waals surface area (Å²) in [6, 6.07) is 7.90. The Morgan fingerprint density at radius 3 is 2.29 bits per heavy atom. The maximum atomic E-state index is 5.24. The van der Waals surface area contributed by atoms with Crippen molar-refractivity contribution in [3.63, 3.8) is 0 Å². The standard InChI is InChI=1S/C15H19N3O3/c1-19-12-6-4-5-11(7-12)8-16-9-13-14(20-2)17-10-18-15(13)21-3/h4-7,10,16H,8-9H2,1-3H3. The summed E-state index contributed by atoms with van der Waals surface area (Å²) in [4.78, 5) is 8.17. The van der Waals surface area contributed by atoms with Crippen LogP contribution in [0.5, 0.6) is 17.5 Å². The van der Waals surface area contributed by atoms with Crippen molar-refractivity contribution < 1.29 is 14.2 Å². The molecule has 6 heteroatoms. The van der Waals surface area contributed by atoms with Gasteiger partial charge < -0.3 is 19.5 Å². The lowest BCUT2D eigenvalue weighted by molar-refractivity contribution is 0.359. The van der Waals surface area contributed by atoms with E-state index < -0.39 is 0 Å². The Bertz CT molecular complexity index is 568. The Labute approximate surface area is 124 Å². The van der Waals surface area contributed by atoms with Crippen LogP contribution < -0.4 is 19.5 Å². The third-order valence-electron chi connectivity index (χ3n) is 3.02. The average molecular weight is 289 g/mol. The minimum Gasteiger partial charge on any atom is -0.497 e. The smallest absolute Gasteiger partial charge is 0.224 e. The van der Waals surface area contributed by atoms with Crippen molar-refractivity contribution in [1.82, 2.24) is 15.3 Å². The molecule has 0 saturated carbocycles. The van der Waals surface area contributed by atoms with E-state index in [4.69, 9.17) is 14.2 Å². The molecule has 0 atom stereocenters. The molecule has 0 spiro atoms. The maximum Gasteiger partial charge on any atom is 0.224 e. The van der Waals surface area contributed by atoms with Gasteiger partial charge in [-0.2, -0.15) is 0 Å². The molecule has 0 saturated heterocycles. The Morgan fingerprint density at radius 2 is 1.67 bits per heavy atom. The summed E-state index contributed by atoms with van der Waals surface area (Å²) in [5.41, 5.74) is 1.93. The van der Waals surface area contributed by atoms with Gasteiger partial charge in [0.1, 0.15) is 12.1 Å². The summed E-state index contributed by atoms with van der Waals surface area (Å²) in [5, 5.41) is 3.32. The van der Waals surface area contributed by atoms with Gasteiger partial charge in [0.15, 0.2) is 0 Å². The van der Waals surface area contributed by atoms with Gasteiger partial charge in [0.05, 0.1) is 26.9 Å². The number of hydrogen-bond acceptors (Lipinski definition) is 6. The molecule has 0 bridgehead atoms. The van der Waals surface area contributed by atoms with Crippen LogP contribution >= 0.6 is 0 Å². The van der Waals surface area contributed by atoms with Gasteiger partial charge in [-0.15, -0.1) is 0 Å². The summed E-state index contributed by atoms with van der Waals surface area (Å²) in [6.45, 7) is 1.24. The van der Waals surface area contributed by atoms with Crippen molar-refractivity contribution in [2.45, 2.75) is 13.1 Å². The lowest BCUT2D eigenvalue weighted by atomic mass is 10.2. The van der Waals surface area contributed by atoms with E-state index in [1.54, 1.807) is 21.3 Å². The number of nitrogens with zero attached hydrogens (tertiary/aromatic N) is 2. The van der Waals surface area contributed by atoms with Crippen molar-refractivity contribution >= 4 is 0 Å². The van der Waals surface area contributed by atoms with E-state index in [0.717, 1.165) is 16.9 Å². The average Bonchev–Trinajstić information content (AvgIpc) is 2.55. The maximum absolute atomic E-state index is 5.24. The molecule has 6 nitrogen and oxygen atoms in total. The molecule has 1 N–H and O–H groups in total. The number of benzene rings is 1. The third-order valence-corrected chi connectivity index (χ3v) is 3.02. The van der Waals surface area contributed by atoms with Crippen molar-refractivity contribution in [1.29, 1.82) is 0 Å². The minimum atomic E-state index is 0.514. The van der Waals surface area contributed by atoms with Crippen LogP contribution in [0.25, 0.3) is 0 Å². The van der Waals surface area contributed by atoms with E-state index in [-0.39, 0.29) is 0 Å². The zero-order chi connectivity index (χ0) is 15.1. The van der Waals surface area contributed by atoms with Gasteiger partial charge >= 0.3 is 0 Å². The Balaban J connectivity index is 2.03. The van der Waals surface area contributed by atoms with E-state index in [0.29, 0.717) is 24.8 Å². The van der Waals surface area contributed by atoms with Gasteiger partial charge in [-0.3, -0.25) is 0 Å². The zero-order valence-corrected chi connectivity index (χ0v) is 12.4. The highest BCUT2D eigenvalue weighted by atomic mass is 16.5. The van der Waals surface area contributed by atoms with Crippen LogP contribution in [0, 0.1) is 0 Å². The first-order valence-electron chi connectivity index (χ1n) is 6.54. The number of nitrogens with one attached hydrogen (secondary N) is 1. The molecule has 1 aromatic carbocycles. The Kier molecular flexibility index (Phi) is 5.34. The predicted octanol–water partition coefficient (Wildman–Crippen LogP) is 1.79. The second-order valence-electron chi connectivity index (χ2n) is 4.33. The first kappa shape index (κ1) is 15.1. The number of methoxy groups -OCH3 is 3. The van der Waals surface area contributed by atoms with Gasteiger partial charge in [-0.25, -0.2) is 9.97 Å². The van der Waals surface area contributed by atoms with Crippen LogP contribution in [0.2, 0.25) is 0 Å². The summed E-state index contributed by atoms with van der Waals surface area (Å²) in [7, 11) is 4.81. The number of rotatable bonds is 7. The molecule has 2 aromatic rings. The van der Waals surface area contributed by atoms with Gasteiger partial charge in [-0.05, 0) is 17.7 Å². The largest absolute Gasteiger partial charge is 0.497 e. The lowest BCUT2D eigenvalue weighted by Crippen LogP contribution is -2.15. The number of aromatic nitrogens is 2. The van der Waals surface area contributed by atoms with E-state index >= 15 is 0 Å². The predicted molar refractivity (Wildman–Crippen MR) is 78.7 cm³/mol. The van der Waals surface area contributed by atoms with Gasteiger partial charge in [-0.1, -0.05) is 12.1 Å². The van der Waals surface area contributed by atoms with Crippen LogP contribution in [0.15, 0.2) is 30.6 Å². The normalized spacial score (nSPS) is 10.2. The topological polar surface area (TPSA) is 65.5 Å². The second-order valence-corrected chi connectivity index (χ2v) is 4.33. The molecule has 0 amide bonds. The molecule has 0 unspecified atom stereocenters. The third kappa shape index (κ3) is 3.82. The lowest BCUT2D eigenvalue weighted by Gasteiger charge is -2.12. The summed E-state index contributed by atoms with van der Waals surface area (Å²) >= 11 is 0. The minimum absolute atomic E-state index is 0.514. The quantitative estimate of drug-likeness (QED) is 0.838. The fraction of sp³-hybridized carbons (Fsp3) is 0.333. The first-order valence-corrected chi connectivity index (χ1v) is 6.54. The summed E-state index contributed by atoms with van der Waals surface area (Å²) in [6.07, 6.45) is 1.42. The van der Waals surface area contributed by atoms with E-state index in [9.17, 15) is 0 Å². The zero-order valence-electron chi connectivity index (χ0n) is 12.4. The van der Waals surface area contributed by atoms with Gasteiger partial charge in [0.2, 0.25) is 11.8 Å². The van der Waals surface area contributed by atoms with Crippen molar-refractivity contribution in [2.24, 2.45) is 0 Å². The van der Waals surface area contributed by atoms with E-state index in [1.165, 1.54) is 6.33 Å². The number of hydrogen-bond donors (Lipinski definition) is 1. The molecule has 0 aliphatic heterocycles. The molecule has 1 aromatic heterocycles. The molecule has 0 aliphatic rings. The summed E-state index contributed by atoms with van der Waals surface area (Å²) in [5.74, 6) is 1.87. The summed E-state index contributed by atoms with van der Waals surface area (Å²) < 4.78 is 15.7. The van der Waals surface area contributed by atoms with E-state index in [1.807, 2.05) is 24.3 Å². The number of ether oxygens (including phenoxy) is 3. The van der Waals surface area contributed by atoms with Crippen molar-refractivity contribution in [3.8, 4) is 17.5 Å². The molecule has 112 valence electrons. The first-order chi connectivity index (χ1) is 10.3. The van der Waals surface area contributed by atoms with Crippen LogP contribution in [0.1, 0.15) is 11.1 Å². The molecule has 0 radical (unpaired) electrons. The highest BCUT2D eigenvalue weighted by molar-refractivity contribution is 5.34. The molecular formula is C15H19N3O3. The van der Waals surface area contributed by atoms with Gasteiger partial charge in [0.25, 0.3) is 0 Å². The second kappa shape index (κ2) is 7.44. The highest BCUT2D eigenvalue weighted by Gasteiger charge is 2.12. The van der Waals surface area contributed by atoms with Crippen LogP contribution in [-0.4, -0.2) is 31.3 Å². The molecule has 0 fully saturated rings. The highest BCUT2D eigenvalue weighted by Crippen LogP contribution is 2.23. The Hall–Kier alpha value is -2.34. The fourth-order valence-electron chi connectivity index (χ4n) is 2.00. The molecule has 0 aliphatic carbocycles. The van der Waals surface area contributed by atoms with Gasteiger partial charge in [0, 0.05) is 13.1 Å². The molecule has 2 rings (SSSR count). The van der Waals surface area contributed by atoms with E-state index in [2.05, 4.69) is 15.3 Å². The fourth-order valence-corrected chi connectivity index (χ4v) is 2.00. The van der Waals surface area contributed by atoms with Crippen LogP contribution in [0.4, 0.5) is 0 Å². The molecule has 21 heavy (non-hydrogen) atoms.